The van der Waals surface area contributed by atoms with Crippen LogP contribution >= 0.6 is 0 Å². The van der Waals surface area contributed by atoms with Crippen LogP contribution in [0.3, 0.4) is 0 Å². The van der Waals surface area contributed by atoms with Crippen molar-refractivity contribution in [2.75, 3.05) is 44.2 Å². The topological polar surface area (TPSA) is 81.9 Å². The molecule has 37 heavy (non-hydrogen) atoms. The minimum atomic E-state index is -2.50. The number of hydrogen-bond acceptors (Lipinski definition) is 5. The number of hydrogen-bond donors (Lipinski definition) is 1. The van der Waals surface area contributed by atoms with Crippen LogP contribution in [0.15, 0.2) is 18.2 Å². The first-order valence-electron chi connectivity index (χ1n) is 13.2. The molecule has 0 bridgehead atoms. The summed E-state index contributed by atoms with van der Waals surface area (Å²) in [5.74, 6) is -1.29. The molecule has 10 heteroatoms. The van der Waals surface area contributed by atoms with Crippen molar-refractivity contribution in [2.24, 2.45) is 5.92 Å². The first kappa shape index (κ1) is 25.6. The number of alkyl halides is 2. The molecule has 0 radical (unpaired) electrons. The van der Waals surface area contributed by atoms with E-state index in [2.05, 4.69) is 36.0 Å². The zero-order valence-electron chi connectivity index (χ0n) is 21.5. The SMILES string of the molecule is Cc1cccc(N2CCN(C(=O)Cn3nc(C(=O)N4CCC(O)CC4)c4c3C[C@H](C(F)F)C4)CC2)c1C. The van der Waals surface area contributed by atoms with Gasteiger partial charge in [0.15, 0.2) is 5.69 Å². The Labute approximate surface area is 215 Å². The number of benzene rings is 1. The maximum absolute atomic E-state index is 13.6. The third kappa shape index (κ3) is 5.08. The smallest absolute Gasteiger partial charge is 0.274 e. The monoisotopic (exact) mass is 515 g/mol. The van der Waals surface area contributed by atoms with Crippen molar-refractivity contribution in [3.8, 4) is 0 Å². The van der Waals surface area contributed by atoms with E-state index in [1.165, 1.54) is 21.5 Å². The van der Waals surface area contributed by atoms with Crippen molar-refractivity contribution >= 4 is 17.5 Å². The summed E-state index contributed by atoms with van der Waals surface area (Å²) in [5.41, 5.74) is 4.97. The van der Waals surface area contributed by atoms with Gasteiger partial charge in [-0.2, -0.15) is 5.10 Å². The minimum Gasteiger partial charge on any atom is -0.393 e. The third-order valence-corrected chi connectivity index (χ3v) is 8.23. The molecule has 1 aromatic carbocycles. The summed E-state index contributed by atoms with van der Waals surface area (Å²) in [7, 11) is 0. The highest BCUT2D eigenvalue weighted by molar-refractivity contribution is 5.94. The second kappa shape index (κ2) is 10.4. The molecule has 8 nitrogen and oxygen atoms in total. The van der Waals surface area contributed by atoms with Gasteiger partial charge in [-0.05, 0) is 56.7 Å². The Bertz CT molecular complexity index is 1170. The Balaban J connectivity index is 1.29. The number of aliphatic hydroxyl groups excluding tert-OH is 1. The number of halogens is 2. The molecule has 0 spiro atoms. The van der Waals surface area contributed by atoms with Crippen LogP contribution in [-0.2, 0) is 24.2 Å². The first-order chi connectivity index (χ1) is 17.7. The standard InChI is InChI=1S/C27H35F2N5O3/c1-17-4-3-5-22(18(17)2)31-10-12-32(13-11-31)24(36)16-34-23-15-19(26(28)29)14-21(23)25(30-34)27(37)33-8-6-20(35)7-9-33/h3-5,19-20,26,35H,6-16H2,1-2H3/t19-/m1/s1. The third-order valence-electron chi connectivity index (χ3n) is 8.23. The summed E-state index contributed by atoms with van der Waals surface area (Å²) in [4.78, 5) is 32.2. The molecule has 2 aromatic rings. The molecule has 2 saturated heterocycles. The van der Waals surface area contributed by atoms with E-state index in [9.17, 15) is 23.5 Å². The van der Waals surface area contributed by atoms with E-state index in [0.29, 0.717) is 63.4 Å². The molecule has 2 amide bonds. The summed E-state index contributed by atoms with van der Waals surface area (Å²) in [6.45, 7) is 7.51. The van der Waals surface area contributed by atoms with Gasteiger partial charge in [0.1, 0.15) is 6.54 Å². The average Bonchev–Trinajstić information content (AvgIpc) is 3.47. The number of piperidine rings is 1. The Hall–Kier alpha value is -3.01. The predicted octanol–water partition coefficient (Wildman–Crippen LogP) is 2.43. The highest BCUT2D eigenvalue weighted by atomic mass is 19.3. The van der Waals surface area contributed by atoms with Crippen LogP contribution in [0.1, 0.15) is 45.7 Å². The second-order valence-electron chi connectivity index (χ2n) is 10.5. The van der Waals surface area contributed by atoms with E-state index in [4.69, 9.17) is 0 Å². The molecule has 2 aliphatic heterocycles. The lowest BCUT2D eigenvalue weighted by Gasteiger charge is -2.37. The number of aryl methyl sites for hydroxylation is 1. The van der Waals surface area contributed by atoms with Crippen molar-refractivity contribution < 1.29 is 23.5 Å². The van der Waals surface area contributed by atoms with Crippen LogP contribution in [0.4, 0.5) is 14.5 Å². The number of nitrogens with zero attached hydrogens (tertiary/aromatic N) is 5. The van der Waals surface area contributed by atoms with Crippen LogP contribution in [0, 0.1) is 19.8 Å². The van der Waals surface area contributed by atoms with Crippen molar-refractivity contribution in [2.45, 2.75) is 58.6 Å². The summed E-state index contributed by atoms with van der Waals surface area (Å²) in [6, 6.07) is 6.24. The Morgan fingerprint density at radius 2 is 1.73 bits per heavy atom. The normalized spacial score (nSPS) is 20.6. The van der Waals surface area contributed by atoms with E-state index in [-0.39, 0.29) is 36.9 Å². The van der Waals surface area contributed by atoms with E-state index in [1.807, 2.05) is 6.07 Å². The van der Waals surface area contributed by atoms with E-state index < -0.39 is 18.4 Å². The predicted molar refractivity (Wildman–Crippen MR) is 135 cm³/mol. The van der Waals surface area contributed by atoms with Crippen molar-refractivity contribution in [1.29, 1.82) is 0 Å². The van der Waals surface area contributed by atoms with Gasteiger partial charge in [0, 0.05) is 62.1 Å². The number of amides is 2. The van der Waals surface area contributed by atoms with Gasteiger partial charge in [0.2, 0.25) is 12.3 Å². The number of anilines is 1. The van der Waals surface area contributed by atoms with Crippen LogP contribution in [0.25, 0.3) is 0 Å². The molecule has 3 aliphatic rings. The van der Waals surface area contributed by atoms with E-state index in [1.54, 1.807) is 9.80 Å². The molecule has 1 aromatic heterocycles. The minimum absolute atomic E-state index is 0.0617. The van der Waals surface area contributed by atoms with Gasteiger partial charge < -0.3 is 19.8 Å². The summed E-state index contributed by atoms with van der Waals surface area (Å²) >= 11 is 0. The molecular formula is C27H35F2N5O3. The van der Waals surface area contributed by atoms with Gasteiger partial charge in [0.25, 0.3) is 5.91 Å². The largest absolute Gasteiger partial charge is 0.393 e. The number of carbonyl (C=O) groups excluding carboxylic acids is 2. The molecule has 1 aliphatic carbocycles. The maximum atomic E-state index is 13.6. The van der Waals surface area contributed by atoms with E-state index in [0.717, 1.165) is 0 Å². The Morgan fingerprint density at radius 3 is 2.41 bits per heavy atom. The molecule has 3 heterocycles. The van der Waals surface area contributed by atoms with Gasteiger partial charge in [-0.1, -0.05) is 12.1 Å². The zero-order valence-corrected chi connectivity index (χ0v) is 21.5. The number of aromatic nitrogens is 2. The van der Waals surface area contributed by atoms with Crippen LogP contribution < -0.4 is 4.90 Å². The van der Waals surface area contributed by atoms with Crippen LogP contribution in [0.5, 0.6) is 0 Å². The van der Waals surface area contributed by atoms with Gasteiger partial charge in [-0.25, -0.2) is 8.78 Å². The van der Waals surface area contributed by atoms with Gasteiger partial charge in [0.05, 0.1) is 6.10 Å². The van der Waals surface area contributed by atoms with Crippen molar-refractivity contribution in [3.05, 3.63) is 46.3 Å². The average molecular weight is 516 g/mol. The lowest BCUT2D eigenvalue weighted by atomic mass is 10.1. The molecule has 200 valence electrons. The number of fused-ring (bicyclic) bond motifs is 1. The number of carbonyl (C=O) groups is 2. The van der Waals surface area contributed by atoms with Gasteiger partial charge in [-0.3, -0.25) is 14.3 Å². The molecule has 0 saturated carbocycles. The maximum Gasteiger partial charge on any atom is 0.274 e. The number of aliphatic hydroxyl groups is 1. The van der Waals surface area contributed by atoms with Gasteiger partial charge in [-0.15, -0.1) is 0 Å². The van der Waals surface area contributed by atoms with Crippen LogP contribution in [0.2, 0.25) is 0 Å². The molecule has 2 fully saturated rings. The molecule has 1 N–H and O–H groups in total. The van der Waals surface area contributed by atoms with E-state index >= 15 is 0 Å². The second-order valence-corrected chi connectivity index (χ2v) is 10.5. The highest BCUT2D eigenvalue weighted by Crippen LogP contribution is 2.34. The zero-order chi connectivity index (χ0) is 26.3. The molecule has 5 rings (SSSR count). The fourth-order valence-corrected chi connectivity index (χ4v) is 5.76. The fraction of sp³-hybridized carbons (Fsp3) is 0.593. The lowest BCUT2D eigenvalue weighted by Crippen LogP contribution is -2.50. The Kier molecular flexibility index (Phi) is 7.20. The quantitative estimate of drug-likeness (QED) is 0.662. The molecule has 0 unspecified atom stereocenters. The fourth-order valence-electron chi connectivity index (χ4n) is 5.76. The van der Waals surface area contributed by atoms with Crippen molar-refractivity contribution in [3.63, 3.8) is 0 Å². The van der Waals surface area contributed by atoms with Crippen molar-refractivity contribution in [1.82, 2.24) is 19.6 Å². The van der Waals surface area contributed by atoms with Crippen LogP contribution in [-0.4, -0.2) is 88.3 Å². The lowest BCUT2D eigenvalue weighted by molar-refractivity contribution is -0.132. The highest BCUT2D eigenvalue weighted by Gasteiger charge is 2.38. The number of rotatable bonds is 5. The number of piperazine rings is 1. The number of likely N-dealkylation sites (tertiary alicyclic amines) is 1. The van der Waals surface area contributed by atoms with Gasteiger partial charge >= 0.3 is 0 Å². The first-order valence-corrected chi connectivity index (χ1v) is 13.2. The summed E-state index contributed by atoms with van der Waals surface area (Å²) in [6.07, 6.45) is -1.75. The summed E-state index contributed by atoms with van der Waals surface area (Å²) in [5, 5.41) is 14.3. The Morgan fingerprint density at radius 1 is 1.03 bits per heavy atom. The molecular weight excluding hydrogens is 480 g/mol. The summed E-state index contributed by atoms with van der Waals surface area (Å²) < 4.78 is 28.7. The molecule has 1 atom stereocenters.